The maximum absolute atomic E-state index is 13.4. The van der Waals surface area contributed by atoms with Crippen molar-refractivity contribution in [3.8, 4) is 17.1 Å². The van der Waals surface area contributed by atoms with E-state index in [2.05, 4.69) is 45.1 Å². The number of fused-ring (bicyclic) bond motifs is 2. The third-order valence-corrected chi connectivity index (χ3v) is 12.4. The minimum absolute atomic E-state index is 0.0798. The summed E-state index contributed by atoms with van der Waals surface area (Å²) in [6.45, 7) is 14.3. The van der Waals surface area contributed by atoms with Gasteiger partial charge in [-0.2, -0.15) is 5.10 Å². The normalized spacial score (nSPS) is 22.5. The summed E-state index contributed by atoms with van der Waals surface area (Å²) in [6, 6.07) is 12.4. The van der Waals surface area contributed by atoms with Crippen molar-refractivity contribution in [2.24, 2.45) is 5.92 Å². The molecule has 2 atom stereocenters. The van der Waals surface area contributed by atoms with Crippen molar-refractivity contribution in [3.05, 3.63) is 59.9 Å². The van der Waals surface area contributed by atoms with Crippen LogP contribution in [0.15, 0.2) is 48.8 Å². The van der Waals surface area contributed by atoms with Crippen molar-refractivity contribution in [1.29, 1.82) is 0 Å². The largest absolute Gasteiger partial charge is 0.491 e. The Labute approximate surface area is 343 Å². The minimum atomic E-state index is -0.958. The highest BCUT2D eigenvalue weighted by Gasteiger charge is 2.45. The number of anilines is 2. The van der Waals surface area contributed by atoms with E-state index >= 15 is 0 Å². The standard InChI is InChI=1S/C43H52N10O6/c1-27(2)59-30-4-6-35-34(22-30)40(48-47-35)36-23-38(45-26-44-36)52-19-20-58-31(25-52)11-12-49-15-17-50(18-16-49)24-28-9-13-51(14-10-28)29-3-5-32-33(21-29)43(57)53(42(32)56)37-7-8-39(54)46-41(37)55/h3-6,21-23,26-28,31,37H,7-20,24-25H2,1-2H3,(H,47,48)(H,46,54,55)/t31-,37?/m0/s1. The maximum Gasteiger partial charge on any atom is 0.262 e. The maximum atomic E-state index is 13.4. The lowest BCUT2D eigenvalue weighted by atomic mass is 9.95. The van der Waals surface area contributed by atoms with Gasteiger partial charge in [-0.25, -0.2) is 9.97 Å². The second-order valence-electron chi connectivity index (χ2n) is 16.7. The monoisotopic (exact) mass is 804 g/mol. The number of carbonyl (C=O) groups excluding carboxylic acids is 4. The molecule has 0 bridgehead atoms. The number of nitrogens with one attached hydrogen (secondary N) is 2. The van der Waals surface area contributed by atoms with Crippen molar-refractivity contribution in [1.82, 2.24) is 40.2 Å². The predicted octanol–water partition coefficient (Wildman–Crippen LogP) is 3.34. The molecule has 4 amide bonds. The van der Waals surface area contributed by atoms with Crippen LogP contribution in [0.25, 0.3) is 22.3 Å². The molecule has 9 rings (SSSR count). The Morgan fingerprint density at radius 3 is 2.44 bits per heavy atom. The molecule has 0 saturated carbocycles. The van der Waals surface area contributed by atoms with Crippen molar-refractivity contribution in [2.75, 3.05) is 81.9 Å². The lowest BCUT2D eigenvalue weighted by Gasteiger charge is -2.40. The van der Waals surface area contributed by atoms with Crippen LogP contribution < -0.4 is 19.9 Å². The van der Waals surface area contributed by atoms with E-state index in [4.69, 9.17) is 9.47 Å². The van der Waals surface area contributed by atoms with Crippen LogP contribution in [0.2, 0.25) is 0 Å². The number of rotatable bonds is 11. The number of morpholine rings is 1. The van der Waals surface area contributed by atoms with Crippen LogP contribution in [-0.2, 0) is 14.3 Å². The smallest absolute Gasteiger partial charge is 0.262 e. The summed E-state index contributed by atoms with van der Waals surface area (Å²) in [6.07, 6.45) is 5.16. The highest BCUT2D eigenvalue weighted by molar-refractivity contribution is 6.23. The molecule has 4 fully saturated rings. The van der Waals surface area contributed by atoms with Gasteiger partial charge < -0.3 is 29.1 Å². The zero-order valence-corrected chi connectivity index (χ0v) is 33.8. The number of ether oxygens (including phenoxy) is 2. The van der Waals surface area contributed by atoms with Crippen molar-refractivity contribution < 1.29 is 28.7 Å². The Morgan fingerprint density at radius 1 is 0.847 bits per heavy atom. The number of piperazine rings is 1. The molecule has 2 N–H and O–H groups in total. The second-order valence-corrected chi connectivity index (χ2v) is 16.7. The first-order chi connectivity index (χ1) is 28.7. The van der Waals surface area contributed by atoms with Crippen LogP contribution in [-0.4, -0.2) is 149 Å². The fraction of sp³-hybridized carbons (Fsp3) is 0.512. The van der Waals surface area contributed by atoms with E-state index in [-0.39, 0.29) is 31.0 Å². The third kappa shape index (κ3) is 8.25. The number of aromatic amines is 1. The SMILES string of the molecule is CC(C)Oc1ccc2[nH]nc(-c3cc(N4CCO[C@@H](CCN5CCN(CC6CCN(c7ccc8c(c7)C(=O)N(C7CCC(=O)NC7=O)C8=O)CC6)CC5)C4)ncn3)c2c1. The Morgan fingerprint density at radius 2 is 1.64 bits per heavy atom. The molecule has 0 radical (unpaired) electrons. The number of imide groups is 2. The molecule has 16 heteroatoms. The Kier molecular flexibility index (Phi) is 11.0. The molecule has 2 aromatic carbocycles. The number of piperidine rings is 2. The molecule has 7 heterocycles. The average Bonchev–Trinajstić information content (AvgIpc) is 3.78. The first-order valence-electron chi connectivity index (χ1n) is 21.1. The van der Waals surface area contributed by atoms with Gasteiger partial charge in [-0.05, 0) is 81.8 Å². The van der Waals surface area contributed by atoms with Crippen molar-refractivity contribution in [2.45, 2.75) is 64.2 Å². The zero-order valence-electron chi connectivity index (χ0n) is 33.8. The molecule has 1 unspecified atom stereocenters. The van der Waals surface area contributed by atoms with E-state index in [1.54, 1.807) is 18.5 Å². The number of nitrogens with zero attached hydrogens (tertiary/aromatic N) is 8. The van der Waals surface area contributed by atoms with E-state index in [1.807, 2.05) is 44.2 Å². The number of hydrogen-bond acceptors (Lipinski definition) is 13. The van der Waals surface area contributed by atoms with Gasteiger partial charge in [-0.3, -0.25) is 34.5 Å². The molecule has 310 valence electrons. The average molecular weight is 805 g/mol. The molecule has 5 aliphatic heterocycles. The molecule has 0 aliphatic carbocycles. The van der Waals surface area contributed by atoms with Gasteiger partial charge in [0.05, 0.1) is 41.2 Å². The number of aromatic nitrogens is 4. The molecule has 0 spiro atoms. The lowest BCUT2D eigenvalue weighted by Crippen LogP contribution is -2.54. The molecule has 4 aromatic rings. The summed E-state index contributed by atoms with van der Waals surface area (Å²) < 4.78 is 12.2. The van der Waals surface area contributed by atoms with Gasteiger partial charge in [0.25, 0.3) is 11.8 Å². The Hall–Kier alpha value is -5.45. The topological polar surface area (TPSA) is 169 Å². The Balaban J connectivity index is 0.719. The van der Waals surface area contributed by atoms with Gasteiger partial charge in [0.1, 0.15) is 29.6 Å². The number of benzene rings is 2. The first-order valence-corrected chi connectivity index (χ1v) is 21.1. The number of hydrogen-bond donors (Lipinski definition) is 2. The summed E-state index contributed by atoms with van der Waals surface area (Å²) in [5.41, 5.74) is 4.05. The molecule has 16 nitrogen and oxygen atoms in total. The van der Waals surface area contributed by atoms with Gasteiger partial charge in [0, 0.05) is 89.0 Å². The van der Waals surface area contributed by atoms with E-state index in [0.717, 1.165) is 129 Å². The number of amides is 4. The number of H-pyrrole nitrogens is 1. The quantitative estimate of drug-likeness (QED) is 0.212. The van der Waals surface area contributed by atoms with Crippen LogP contribution in [0.4, 0.5) is 11.5 Å². The second kappa shape index (κ2) is 16.7. The number of carbonyl (C=O) groups is 4. The van der Waals surface area contributed by atoms with Gasteiger partial charge in [0.2, 0.25) is 11.8 Å². The van der Waals surface area contributed by atoms with E-state index in [1.165, 1.54) is 0 Å². The van der Waals surface area contributed by atoms with E-state index in [0.29, 0.717) is 23.7 Å². The van der Waals surface area contributed by atoms with Gasteiger partial charge in [-0.15, -0.1) is 0 Å². The minimum Gasteiger partial charge on any atom is -0.491 e. The molecule has 59 heavy (non-hydrogen) atoms. The highest BCUT2D eigenvalue weighted by Crippen LogP contribution is 2.33. The summed E-state index contributed by atoms with van der Waals surface area (Å²) in [5.74, 6) is 0.373. The van der Waals surface area contributed by atoms with Crippen molar-refractivity contribution >= 4 is 46.0 Å². The molecule has 2 aromatic heterocycles. The highest BCUT2D eigenvalue weighted by atomic mass is 16.5. The lowest BCUT2D eigenvalue weighted by molar-refractivity contribution is -0.136. The van der Waals surface area contributed by atoms with Crippen LogP contribution in [0, 0.1) is 5.92 Å². The summed E-state index contributed by atoms with van der Waals surface area (Å²) >= 11 is 0. The predicted molar refractivity (Wildman–Crippen MR) is 220 cm³/mol. The van der Waals surface area contributed by atoms with Crippen LogP contribution >= 0.6 is 0 Å². The molecule has 4 saturated heterocycles. The van der Waals surface area contributed by atoms with Gasteiger partial charge in [0.15, 0.2) is 0 Å². The summed E-state index contributed by atoms with van der Waals surface area (Å²) in [4.78, 5) is 70.6. The molecular formula is C43H52N10O6. The zero-order chi connectivity index (χ0) is 40.6. The van der Waals surface area contributed by atoms with Gasteiger partial charge in [-0.1, -0.05) is 0 Å². The van der Waals surface area contributed by atoms with Crippen molar-refractivity contribution in [3.63, 3.8) is 0 Å². The summed E-state index contributed by atoms with van der Waals surface area (Å²) in [7, 11) is 0. The van der Waals surface area contributed by atoms with E-state index in [9.17, 15) is 19.2 Å². The Bertz CT molecular complexity index is 2230. The third-order valence-electron chi connectivity index (χ3n) is 12.4. The van der Waals surface area contributed by atoms with Crippen LogP contribution in [0.3, 0.4) is 0 Å². The van der Waals surface area contributed by atoms with E-state index < -0.39 is 23.8 Å². The van der Waals surface area contributed by atoms with Crippen LogP contribution in [0.5, 0.6) is 5.75 Å². The fourth-order valence-corrected chi connectivity index (χ4v) is 9.20. The molecular weight excluding hydrogens is 753 g/mol. The first kappa shape index (κ1) is 39.0. The van der Waals surface area contributed by atoms with Crippen LogP contribution in [0.1, 0.15) is 66.7 Å². The molecule has 5 aliphatic rings. The fourth-order valence-electron chi connectivity index (χ4n) is 9.20. The summed E-state index contributed by atoms with van der Waals surface area (Å²) in [5, 5.41) is 10.9. The van der Waals surface area contributed by atoms with Gasteiger partial charge >= 0.3 is 0 Å².